The van der Waals surface area contributed by atoms with Crippen LogP contribution in [0, 0.1) is 11.3 Å². The first kappa shape index (κ1) is 19.8. The first-order valence-corrected chi connectivity index (χ1v) is 10.4. The fraction of sp³-hybridized carbons (Fsp3) is 0.348. The molecular weight excluding hydrogens is 432 g/mol. The normalized spacial score (nSPS) is 16.9. The fourth-order valence-electron chi connectivity index (χ4n) is 4.22. The summed E-state index contributed by atoms with van der Waals surface area (Å²) >= 11 is 3.86. The van der Waals surface area contributed by atoms with E-state index in [4.69, 9.17) is 14.2 Å². The highest BCUT2D eigenvalue weighted by molar-refractivity contribution is 9.10. The van der Waals surface area contributed by atoms with Gasteiger partial charge in [0.25, 0.3) is 0 Å². The lowest BCUT2D eigenvalue weighted by Gasteiger charge is -2.23. The van der Waals surface area contributed by atoms with Crippen molar-refractivity contribution in [3.8, 4) is 23.3 Å². The Morgan fingerprint density at radius 2 is 1.69 bits per heavy atom. The molecule has 1 atom stereocenters. The molecule has 1 aliphatic rings. The van der Waals surface area contributed by atoms with Crippen LogP contribution in [0.3, 0.4) is 0 Å². The Hall–Kier alpha value is -2.49. The van der Waals surface area contributed by atoms with Gasteiger partial charge in [0.05, 0.1) is 33.4 Å². The van der Waals surface area contributed by atoms with Crippen molar-refractivity contribution in [3.05, 3.63) is 40.4 Å². The number of halogens is 1. The van der Waals surface area contributed by atoms with Gasteiger partial charge in [0.15, 0.2) is 11.5 Å². The van der Waals surface area contributed by atoms with Crippen LogP contribution in [0.5, 0.6) is 17.2 Å². The van der Waals surface area contributed by atoms with Crippen molar-refractivity contribution in [2.24, 2.45) is 0 Å². The van der Waals surface area contributed by atoms with E-state index in [1.165, 1.54) is 5.56 Å². The molecule has 0 radical (unpaired) electrons. The van der Waals surface area contributed by atoms with Crippen molar-refractivity contribution < 1.29 is 14.2 Å². The number of likely N-dealkylation sites (tertiary alicyclic amines) is 1. The van der Waals surface area contributed by atoms with Gasteiger partial charge in [0.1, 0.15) is 5.75 Å². The summed E-state index contributed by atoms with van der Waals surface area (Å²) in [4.78, 5) is 2.26. The van der Waals surface area contributed by atoms with Gasteiger partial charge >= 0.3 is 0 Å². The molecule has 0 amide bonds. The number of fused-ring (bicyclic) bond motifs is 3. The van der Waals surface area contributed by atoms with Crippen LogP contribution in [0.25, 0.3) is 21.5 Å². The molecule has 0 saturated carbocycles. The molecule has 0 N–H and O–H groups in total. The molecule has 1 fully saturated rings. The highest BCUT2D eigenvalue weighted by atomic mass is 79.9. The van der Waals surface area contributed by atoms with Crippen molar-refractivity contribution in [1.82, 2.24) is 4.90 Å². The van der Waals surface area contributed by atoms with Gasteiger partial charge in [-0.3, -0.25) is 4.90 Å². The number of benzene rings is 3. The lowest BCUT2D eigenvalue weighted by atomic mass is 9.96. The number of hydrogen-bond acceptors (Lipinski definition) is 5. The Bertz CT molecular complexity index is 1120. The number of rotatable bonds is 5. The topological polar surface area (TPSA) is 54.7 Å². The quantitative estimate of drug-likeness (QED) is 0.491. The SMILES string of the molecule is COc1ccc2c(CN3CCC[C@H]3C#N)c(Br)c3cc(OC)c(OC)cc3c2c1. The average Bonchev–Trinajstić information content (AvgIpc) is 3.22. The van der Waals surface area contributed by atoms with Gasteiger partial charge in [-0.15, -0.1) is 0 Å². The highest BCUT2D eigenvalue weighted by Gasteiger charge is 2.26. The minimum atomic E-state index is -0.0312. The number of ether oxygens (including phenoxy) is 3. The van der Waals surface area contributed by atoms with Crippen LogP contribution >= 0.6 is 15.9 Å². The zero-order valence-electron chi connectivity index (χ0n) is 16.8. The Morgan fingerprint density at radius 1 is 1.00 bits per heavy atom. The molecule has 3 aromatic rings. The van der Waals surface area contributed by atoms with Crippen molar-refractivity contribution in [3.63, 3.8) is 0 Å². The minimum absolute atomic E-state index is 0.0312. The molecule has 1 heterocycles. The molecule has 1 aliphatic heterocycles. The van der Waals surface area contributed by atoms with Gasteiger partial charge in [0.2, 0.25) is 0 Å². The first-order valence-electron chi connectivity index (χ1n) is 9.58. The van der Waals surface area contributed by atoms with Crippen LogP contribution < -0.4 is 14.2 Å². The second kappa shape index (κ2) is 8.10. The summed E-state index contributed by atoms with van der Waals surface area (Å²) < 4.78 is 17.6. The summed E-state index contributed by atoms with van der Waals surface area (Å²) in [5.41, 5.74) is 1.17. The number of nitrogens with zero attached hydrogens (tertiary/aromatic N) is 2. The standard InChI is InChI=1S/C23H23BrN2O3/c1-27-15-6-7-16-17(9-15)18-10-21(28-2)22(29-3)11-19(18)23(24)20(16)13-26-8-4-5-14(26)12-25/h6-7,9-11,14H,4-5,8,13H2,1-3H3/t14-/m0/s1. The van der Waals surface area contributed by atoms with Gasteiger partial charge < -0.3 is 14.2 Å². The molecule has 29 heavy (non-hydrogen) atoms. The third-order valence-corrected chi connectivity index (χ3v) is 6.65. The maximum Gasteiger partial charge on any atom is 0.161 e. The summed E-state index contributed by atoms with van der Waals surface area (Å²) in [6.45, 7) is 1.65. The largest absolute Gasteiger partial charge is 0.497 e. The van der Waals surface area contributed by atoms with E-state index in [0.29, 0.717) is 18.0 Å². The van der Waals surface area contributed by atoms with Gasteiger partial charge in [0, 0.05) is 16.4 Å². The summed E-state index contributed by atoms with van der Waals surface area (Å²) in [6.07, 6.45) is 1.98. The minimum Gasteiger partial charge on any atom is -0.497 e. The second-order valence-corrected chi connectivity index (χ2v) is 8.01. The van der Waals surface area contributed by atoms with Crippen LogP contribution in [0.15, 0.2) is 34.8 Å². The van der Waals surface area contributed by atoms with Crippen LogP contribution in [0.1, 0.15) is 18.4 Å². The maximum atomic E-state index is 9.51. The van der Waals surface area contributed by atoms with Gasteiger partial charge in [-0.2, -0.15) is 5.26 Å². The van der Waals surface area contributed by atoms with E-state index in [9.17, 15) is 5.26 Å². The second-order valence-electron chi connectivity index (χ2n) is 7.21. The summed E-state index contributed by atoms with van der Waals surface area (Å²) in [6, 6.07) is 12.6. The molecule has 0 unspecified atom stereocenters. The first-order chi connectivity index (χ1) is 14.1. The fourth-order valence-corrected chi connectivity index (χ4v) is 4.89. The van der Waals surface area contributed by atoms with Crippen molar-refractivity contribution in [2.75, 3.05) is 27.9 Å². The molecule has 0 aromatic heterocycles. The molecule has 0 aliphatic carbocycles. The van der Waals surface area contributed by atoms with E-state index in [0.717, 1.165) is 51.2 Å². The summed E-state index contributed by atoms with van der Waals surface area (Å²) in [5.74, 6) is 2.18. The summed E-state index contributed by atoms with van der Waals surface area (Å²) in [5, 5.41) is 13.8. The van der Waals surface area contributed by atoms with Gasteiger partial charge in [-0.05, 0) is 81.3 Å². The molecular formula is C23H23BrN2O3. The number of nitriles is 1. The third kappa shape index (κ3) is 3.39. The van der Waals surface area contributed by atoms with Gasteiger partial charge in [-0.25, -0.2) is 0 Å². The van der Waals surface area contributed by atoms with E-state index >= 15 is 0 Å². The monoisotopic (exact) mass is 454 g/mol. The molecule has 1 saturated heterocycles. The third-order valence-electron chi connectivity index (χ3n) is 5.74. The number of hydrogen-bond donors (Lipinski definition) is 0. The molecule has 3 aromatic carbocycles. The molecule has 0 spiro atoms. The predicted molar refractivity (Wildman–Crippen MR) is 118 cm³/mol. The smallest absolute Gasteiger partial charge is 0.161 e. The Morgan fingerprint density at radius 3 is 2.34 bits per heavy atom. The molecule has 0 bridgehead atoms. The Kier molecular flexibility index (Phi) is 5.53. The maximum absolute atomic E-state index is 9.51. The van der Waals surface area contributed by atoms with Crippen LogP contribution in [0.2, 0.25) is 0 Å². The Balaban J connectivity index is 2.01. The zero-order chi connectivity index (χ0) is 20.5. The highest BCUT2D eigenvalue weighted by Crippen LogP contribution is 2.43. The lowest BCUT2D eigenvalue weighted by Crippen LogP contribution is -2.27. The van der Waals surface area contributed by atoms with Crippen LogP contribution in [0.4, 0.5) is 0 Å². The molecule has 150 valence electrons. The summed E-state index contributed by atoms with van der Waals surface area (Å²) in [7, 11) is 4.96. The number of methoxy groups -OCH3 is 3. The predicted octanol–water partition coefficient (Wildman–Crippen LogP) is 5.27. The van der Waals surface area contributed by atoms with Crippen molar-refractivity contribution in [1.29, 1.82) is 5.26 Å². The van der Waals surface area contributed by atoms with Crippen LogP contribution in [-0.4, -0.2) is 38.8 Å². The van der Waals surface area contributed by atoms with E-state index in [2.05, 4.69) is 39.0 Å². The van der Waals surface area contributed by atoms with E-state index in [1.807, 2.05) is 18.2 Å². The molecule has 5 nitrogen and oxygen atoms in total. The average molecular weight is 455 g/mol. The van der Waals surface area contributed by atoms with Gasteiger partial charge in [-0.1, -0.05) is 6.07 Å². The molecule has 6 heteroatoms. The van der Waals surface area contributed by atoms with E-state index in [-0.39, 0.29) is 6.04 Å². The lowest BCUT2D eigenvalue weighted by molar-refractivity contribution is 0.287. The van der Waals surface area contributed by atoms with Crippen LogP contribution in [-0.2, 0) is 6.54 Å². The Labute approximate surface area is 178 Å². The molecule has 4 rings (SSSR count). The van der Waals surface area contributed by atoms with E-state index < -0.39 is 0 Å². The van der Waals surface area contributed by atoms with E-state index in [1.54, 1.807) is 21.3 Å². The van der Waals surface area contributed by atoms with Crippen molar-refractivity contribution >= 4 is 37.5 Å². The van der Waals surface area contributed by atoms with Crippen molar-refractivity contribution in [2.45, 2.75) is 25.4 Å². The zero-order valence-corrected chi connectivity index (χ0v) is 18.4.